The largest absolute Gasteiger partial charge is 0.484 e. The third kappa shape index (κ3) is 4.61. The Kier molecular flexibility index (Phi) is 6.45. The number of rotatable bonds is 4. The maximum absolute atomic E-state index is 12.5. The Morgan fingerprint density at radius 2 is 2.24 bits per heavy atom. The third-order valence-electron chi connectivity index (χ3n) is 3.22. The Labute approximate surface area is 130 Å². The van der Waals surface area contributed by atoms with Gasteiger partial charge < -0.3 is 20.7 Å². The zero-order chi connectivity index (χ0) is 14.5. The van der Waals surface area contributed by atoms with Gasteiger partial charge in [0.2, 0.25) is 0 Å². The van der Waals surface area contributed by atoms with Gasteiger partial charge in [-0.15, -0.1) is 12.4 Å². The fourth-order valence-corrected chi connectivity index (χ4v) is 2.18. The summed E-state index contributed by atoms with van der Waals surface area (Å²) < 4.78 is 5.21. The Balaban J connectivity index is 0.00000220. The maximum Gasteiger partial charge on any atom is 0.255 e. The molecule has 1 aromatic rings. The van der Waals surface area contributed by atoms with Crippen LogP contribution in [0.2, 0.25) is 0 Å². The van der Waals surface area contributed by atoms with E-state index in [-0.39, 0.29) is 31.0 Å². The van der Waals surface area contributed by atoms with Crippen LogP contribution in [0.5, 0.6) is 5.75 Å². The van der Waals surface area contributed by atoms with Crippen LogP contribution in [0.15, 0.2) is 24.3 Å². The van der Waals surface area contributed by atoms with Crippen molar-refractivity contribution in [2.24, 2.45) is 5.73 Å². The molecule has 0 bridgehead atoms. The SMILES string of the molecule is C[C@@H]1CNCCN1C(=O)c1cccc(OCC(N)=O)c1.Cl. The first-order valence-corrected chi connectivity index (χ1v) is 6.61. The van der Waals surface area contributed by atoms with Gasteiger partial charge in [-0.25, -0.2) is 0 Å². The molecule has 0 radical (unpaired) electrons. The molecule has 1 aromatic carbocycles. The molecule has 6 nitrogen and oxygen atoms in total. The molecule has 116 valence electrons. The highest BCUT2D eigenvalue weighted by Gasteiger charge is 2.24. The van der Waals surface area contributed by atoms with Crippen molar-refractivity contribution in [3.05, 3.63) is 29.8 Å². The standard InChI is InChI=1S/C14H19N3O3.ClH/c1-10-8-16-5-6-17(10)14(19)11-3-2-4-12(7-11)20-9-13(15)18;/h2-4,7,10,16H,5-6,8-9H2,1H3,(H2,15,18);1H/t10-;/m1./s1. The maximum atomic E-state index is 12.5. The Hall–Kier alpha value is -1.79. The van der Waals surface area contributed by atoms with Gasteiger partial charge in [0.15, 0.2) is 6.61 Å². The highest BCUT2D eigenvalue weighted by atomic mass is 35.5. The number of hydrogen-bond acceptors (Lipinski definition) is 4. The minimum Gasteiger partial charge on any atom is -0.484 e. The molecule has 1 aliphatic rings. The number of ether oxygens (including phenoxy) is 1. The van der Waals surface area contributed by atoms with Crippen LogP contribution in [-0.4, -0.2) is 49.0 Å². The highest BCUT2D eigenvalue weighted by Crippen LogP contribution is 2.16. The lowest BCUT2D eigenvalue weighted by molar-refractivity contribution is -0.119. The second-order valence-electron chi connectivity index (χ2n) is 4.83. The summed E-state index contributed by atoms with van der Waals surface area (Å²) in [6.45, 7) is 4.10. The second-order valence-corrected chi connectivity index (χ2v) is 4.83. The van der Waals surface area contributed by atoms with E-state index in [4.69, 9.17) is 10.5 Å². The Morgan fingerprint density at radius 3 is 2.90 bits per heavy atom. The van der Waals surface area contributed by atoms with Crippen molar-refractivity contribution >= 4 is 24.2 Å². The van der Waals surface area contributed by atoms with E-state index in [1.54, 1.807) is 24.3 Å². The number of primary amides is 1. The van der Waals surface area contributed by atoms with E-state index >= 15 is 0 Å². The molecule has 0 unspecified atom stereocenters. The van der Waals surface area contributed by atoms with E-state index in [9.17, 15) is 9.59 Å². The zero-order valence-electron chi connectivity index (χ0n) is 11.9. The van der Waals surface area contributed by atoms with Gasteiger partial charge in [-0.3, -0.25) is 9.59 Å². The molecule has 0 aromatic heterocycles. The molecule has 1 atom stereocenters. The number of nitrogens with two attached hydrogens (primary N) is 1. The minimum absolute atomic E-state index is 0. The average Bonchev–Trinajstić information content (AvgIpc) is 2.45. The van der Waals surface area contributed by atoms with Crippen LogP contribution in [-0.2, 0) is 4.79 Å². The van der Waals surface area contributed by atoms with Crippen molar-refractivity contribution in [3.63, 3.8) is 0 Å². The summed E-state index contributed by atoms with van der Waals surface area (Å²) in [6, 6.07) is 6.97. The number of nitrogens with one attached hydrogen (secondary N) is 1. The van der Waals surface area contributed by atoms with Gasteiger partial charge in [-0.2, -0.15) is 0 Å². The predicted octanol–water partition coefficient (Wildman–Crippen LogP) is 0.406. The van der Waals surface area contributed by atoms with Gasteiger partial charge in [0.1, 0.15) is 5.75 Å². The quantitative estimate of drug-likeness (QED) is 0.843. The summed E-state index contributed by atoms with van der Waals surface area (Å²) in [5, 5.41) is 3.25. The lowest BCUT2D eigenvalue weighted by atomic mass is 10.1. The molecule has 2 amide bonds. The van der Waals surface area contributed by atoms with E-state index in [2.05, 4.69) is 5.32 Å². The van der Waals surface area contributed by atoms with Gasteiger partial charge in [0, 0.05) is 31.2 Å². The molecular weight excluding hydrogens is 294 g/mol. The molecule has 1 heterocycles. The highest BCUT2D eigenvalue weighted by molar-refractivity contribution is 5.95. The number of amides is 2. The van der Waals surface area contributed by atoms with Crippen molar-refractivity contribution in [2.45, 2.75) is 13.0 Å². The average molecular weight is 314 g/mol. The molecule has 1 fully saturated rings. The van der Waals surface area contributed by atoms with Crippen LogP contribution in [0.4, 0.5) is 0 Å². The van der Waals surface area contributed by atoms with Crippen LogP contribution >= 0.6 is 12.4 Å². The van der Waals surface area contributed by atoms with Gasteiger partial charge in [-0.05, 0) is 25.1 Å². The molecule has 21 heavy (non-hydrogen) atoms. The van der Waals surface area contributed by atoms with E-state index in [0.717, 1.165) is 13.1 Å². The summed E-state index contributed by atoms with van der Waals surface area (Å²) >= 11 is 0. The van der Waals surface area contributed by atoms with Gasteiger partial charge in [0.05, 0.1) is 0 Å². The summed E-state index contributed by atoms with van der Waals surface area (Å²) in [5.74, 6) is -0.0987. The first-order valence-electron chi connectivity index (χ1n) is 6.61. The van der Waals surface area contributed by atoms with Crippen molar-refractivity contribution in [3.8, 4) is 5.75 Å². The molecule has 1 aliphatic heterocycles. The number of carbonyl (C=O) groups excluding carboxylic acids is 2. The van der Waals surface area contributed by atoms with Crippen LogP contribution < -0.4 is 15.8 Å². The van der Waals surface area contributed by atoms with Crippen LogP contribution in [0.1, 0.15) is 17.3 Å². The van der Waals surface area contributed by atoms with Crippen molar-refractivity contribution < 1.29 is 14.3 Å². The topological polar surface area (TPSA) is 84.7 Å². The first-order chi connectivity index (χ1) is 9.58. The summed E-state index contributed by atoms with van der Waals surface area (Å²) in [4.78, 5) is 25.0. The smallest absolute Gasteiger partial charge is 0.255 e. The molecule has 0 aliphatic carbocycles. The number of benzene rings is 1. The summed E-state index contributed by atoms with van der Waals surface area (Å²) in [6.07, 6.45) is 0. The molecule has 0 saturated carbocycles. The number of halogens is 1. The lowest BCUT2D eigenvalue weighted by Crippen LogP contribution is -2.52. The summed E-state index contributed by atoms with van der Waals surface area (Å²) in [7, 11) is 0. The monoisotopic (exact) mass is 313 g/mol. The fraction of sp³-hybridized carbons (Fsp3) is 0.429. The molecule has 0 spiro atoms. The van der Waals surface area contributed by atoms with E-state index in [1.165, 1.54) is 0 Å². The van der Waals surface area contributed by atoms with Crippen molar-refractivity contribution in [1.82, 2.24) is 10.2 Å². The molecule has 1 saturated heterocycles. The van der Waals surface area contributed by atoms with Gasteiger partial charge >= 0.3 is 0 Å². The van der Waals surface area contributed by atoms with Crippen LogP contribution in [0, 0.1) is 0 Å². The normalized spacial score (nSPS) is 17.8. The first kappa shape index (κ1) is 17.3. The molecular formula is C14H20ClN3O3. The number of nitrogens with zero attached hydrogens (tertiary/aromatic N) is 1. The van der Waals surface area contributed by atoms with Gasteiger partial charge in [0.25, 0.3) is 11.8 Å². The van der Waals surface area contributed by atoms with Crippen LogP contribution in [0.3, 0.4) is 0 Å². The molecule has 3 N–H and O–H groups in total. The predicted molar refractivity (Wildman–Crippen MR) is 81.7 cm³/mol. The van der Waals surface area contributed by atoms with Crippen molar-refractivity contribution in [2.75, 3.05) is 26.2 Å². The summed E-state index contributed by atoms with van der Waals surface area (Å²) in [5.41, 5.74) is 5.58. The Bertz CT molecular complexity index is 510. The number of hydrogen-bond donors (Lipinski definition) is 2. The third-order valence-corrected chi connectivity index (χ3v) is 3.22. The van der Waals surface area contributed by atoms with Gasteiger partial charge in [-0.1, -0.05) is 6.07 Å². The lowest BCUT2D eigenvalue weighted by Gasteiger charge is -2.34. The zero-order valence-corrected chi connectivity index (χ0v) is 12.7. The van der Waals surface area contributed by atoms with Crippen LogP contribution in [0.25, 0.3) is 0 Å². The minimum atomic E-state index is -0.544. The van der Waals surface area contributed by atoms with Crippen molar-refractivity contribution in [1.29, 1.82) is 0 Å². The second kappa shape index (κ2) is 7.85. The fourth-order valence-electron chi connectivity index (χ4n) is 2.18. The number of carbonyl (C=O) groups is 2. The molecule has 7 heteroatoms. The van der Waals surface area contributed by atoms with E-state index in [1.807, 2.05) is 11.8 Å². The molecule has 2 rings (SSSR count). The van der Waals surface area contributed by atoms with E-state index < -0.39 is 5.91 Å². The Morgan fingerprint density at radius 1 is 1.48 bits per heavy atom. The number of piperazine rings is 1. The van der Waals surface area contributed by atoms with E-state index in [0.29, 0.717) is 17.9 Å².